The molecule has 0 unspecified atom stereocenters. The van der Waals surface area contributed by atoms with Crippen LogP contribution >= 0.6 is 0 Å². The number of carboxylic acid groups (broad SMARTS) is 1. The minimum Gasteiger partial charge on any atom is -0.508 e. The van der Waals surface area contributed by atoms with Crippen LogP contribution in [0.1, 0.15) is 66.9 Å². The van der Waals surface area contributed by atoms with Gasteiger partial charge in [0, 0.05) is 43.1 Å². The Bertz CT molecular complexity index is 1350. The molecular formula is C33H40N2O8. The first-order valence-corrected chi connectivity index (χ1v) is 14.4. The first-order chi connectivity index (χ1) is 20.6. The molecule has 43 heavy (non-hydrogen) atoms. The summed E-state index contributed by atoms with van der Waals surface area (Å²) in [5.74, 6) is -1.14. The van der Waals surface area contributed by atoms with Crippen LogP contribution in [0.4, 0.5) is 5.69 Å². The van der Waals surface area contributed by atoms with Crippen molar-refractivity contribution in [1.29, 1.82) is 0 Å². The lowest BCUT2D eigenvalue weighted by Gasteiger charge is -2.42. The van der Waals surface area contributed by atoms with Crippen molar-refractivity contribution in [3.05, 3.63) is 95.1 Å². The third-order valence-corrected chi connectivity index (χ3v) is 7.62. The van der Waals surface area contributed by atoms with Crippen LogP contribution in [-0.4, -0.2) is 63.4 Å². The Labute approximate surface area is 251 Å². The summed E-state index contributed by atoms with van der Waals surface area (Å²) in [4.78, 5) is 24.9. The van der Waals surface area contributed by atoms with Crippen LogP contribution in [0.15, 0.2) is 72.8 Å². The largest absolute Gasteiger partial charge is 0.508 e. The third kappa shape index (κ3) is 9.09. The quantitative estimate of drug-likeness (QED) is 0.193. The van der Waals surface area contributed by atoms with Crippen molar-refractivity contribution in [1.82, 2.24) is 4.90 Å². The lowest BCUT2D eigenvalue weighted by atomic mass is 9.90. The van der Waals surface area contributed by atoms with Crippen molar-refractivity contribution >= 4 is 17.6 Å². The number of carbonyl (C=O) groups is 2. The number of aromatic hydroxyl groups is 1. The van der Waals surface area contributed by atoms with Gasteiger partial charge in [0.15, 0.2) is 6.29 Å². The number of amides is 1. The molecular weight excluding hydrogens is 552 g/mol. The summed E-state index contributed by atoms with van der Waals surface area (Å²) in [7, 11) is 1.91. The molecule has 1 amide bonds. The maximum absolute atomic E-state index is 12.2. The monoisotopic (exact) mass is 592 g/mol. The number of carbonyl (C=O) groups excluding carboxylic acids is 1. The fourth-order valence-electron chi connectivity index (χ4n) is 5.19. The first-order valence-electron chi connectivity index (χ1n) is 14.4. The molecule has 230 valence electrons. The van der Waals surface area contributed by atoms with E-state index in [0.717, 1.165) is 16.7 Å². The van der Waals surface area contributed by atoms with Gasteiger partial charge in [-0.2, -0.15) is 0 Å². The number of rotatable bonds is 13. The second-order valence-electron chi connectivity index (χ2n) is 11.1. The van der Waals surface area contributed by atoms with Gasteiger partial charge < -0.3 is 40.1 Å². The van der Waals surface area contributed by atoms with Crippen molar-refractivity contribution in [3.8, 4) is 5.75 Å². The van der Waals surface area contributed by atoms with Gasteiger partial charge in [0.1, 0.15) is 5.75 Å². The molecule has 3 aromatic rings. The summed E-state index contributed by atoms with van der Waals surface area (Å²) in [5, 5.41) is 41.6. The van der Waals surface area contributed by atoms with E-state index in [9.17, 15) is 24.9 Å². The molecule has 10 heteroatoms. The molecule has 3 aromatic carbocycles. The normalized spacial score (nSPS) is 21.0. The third-order valence-electron chi connectivity index (χ3n) is 7.62. The highest BCUT2D eigenvalue weighted by atomic mass is 16.7. The van der Waals surface area contributed by atoms with E-state index in [1.807, 2.05) is 48.3 Å². The number of ether oxygens (including phenoxy) is 2. The Kier molecular flexibility index (Phi) is 11.3. The molecule has 1 saturated heterocycles. The molecule has 0 saturated carbocycles. The number of benzene rings is 3. The standard InChI is InChI=1S/C33H40N2O8/c1-21-29(19-35(2)18-28(38)25-5-3-6-27(37)17-25)42-33(43-32(21)23-11-9-22(20-36)10-12-23)24-13-15-26(16-14-24)34-30(39)7-4-8-31(40)41/h3,5-6,9-17,21,28-29,32-33,36-38H,4,7-8,18-20H2,1-2H3,(H,34,39)(H,40,41)/t21-,28-,29+,32+,33+/m1/s1. The zero-order valence-corrected chi connectivity index (χ0v) is 24.4. The first kappa shape index (κ1) is 32.1. The van der Waals surface area contributed by atoms with Crippen LogP contribution in [0, 0.1) is 5.92 Å². The number of nitrogens with zero attached hydrogens (tertiary/aromatic N) is 1. The Balaban J connectivity index is 1.48. The maximum atomic E-state index is 12.2. The van der Waals surface area contributed by atoms with E-state index in [2.05, 4.69) is 12.2 Å². The molecule has 1 heterocycles. The average molecular weight is 593 g/mol. The second kappa shape index (κ2) is 15.1. The molecule has 1 aliphatic rings. The van der Waals surface area contributed by atoms with Gasteiger partial charge in [-0.25, -0.2) is 0 Å². The van der Waals surface area contributed by atoms with E-state index in [1.54, 1.807) is 36.4 Å². The van der Waals surface area contributed by atoms with E-state index in [4.69, 9.17) is 14.6 Å². The molecule has 10 nitrogen and oxygen atoms in total. The summed E-state index contributed by atoms with van der Waals surface area (Å²) in [6.07, 6.45) is -1.75. The Morgan fingerprint density at radius 1 is 0.977 bits per heavy atom. The van der Waals surface area contributed by atoms with Gasteiger partial charge >= 0.3 is 5.97 Å². The molecule has 0 radical (unpaired) electrons. The fraction of sp³-hybridized carbons (Fsp3) is 0.394. The number of aliphatic carboxylic acids is 1. The number of phenols is 1. The summed E-state index contributed by atoms with van der Waals surface area (Å²) >= 11 is 0. The van der Waals surface area contributed by atoms with Crippen molar-refractivity contribution in [2.24, 2.45) is 5.92 Å². The molecule has 1 aliphatic heterocycles. The van der Waals surface area contributed by atoms with Gasteiger partial charge in [-0.1, -0.05) is 55.5 Å². The SMILES string of the molecule is C[C@@H]1[C@H](CN(C)C[C@@H](O)c2cccc(O)c2)O[C@H](c2ccc(NC(=O)CCCC(=O)O)cc2)O[C@@H]1c1ccc(CO)cc1. The number of hydrogen-bond donors (Lipinski definition) is 5. The molecule has 1 fully saturated rings. The Morgan fingerprint density at radius 2 is 1.67 bits per heavy atom. The van der Waals surface area contributed by atoms with E-state index in [0.29, 0.717) is 24.3 Å². The van der Waals surface area contributed by atoms with Gasteiger partial charge in [0.2, 0.25) is 5.91 Å². The highest BCUT2D eigenvalue weighted by Crippen LogP contribution is 2.42. The highest BCUT2D eigenvalue weighted by Gasteiger charge is 2.39. The number of likely N-dealkylation sites (N-methyl/N-ethyl adjacent to an activating group) is 1. The summed E-state index contributed by atoms with van der Waals surface area (Å²) in [6.45, 7) is 2.85. The van der Waals surface area contributed by atoms with Crippen LogP contribution in [-0.2, 0) is 25.7 Å². The molecule has 5 atom stereocenters. The van der Waals surface area contributed by atoms with Gasteiger partial charge in [0.05, 0.1) is 24.9 Å². The summed E-state index contributed by atoms with van der Waals surface area (Å²) in [6, 6.07) is 21.4. The number of hydrogen-bond acceptors (Lipinski definition) is 8. The minimum absolute atomic E-state index is 0.0511. The van der Waals surface area contributed by atoms with Gasteiger partial charge in [-0.15, -0.1) is 0 Å². The average Bonchev–Trinajstić information content (AvgIpc) is 2.98. The van der Waals surface area contributed by atoms with Crippen molar-refractivity contribution in [2.75, 3.05) is 25.5 Å². The number of aliphatic hydroxyl groups excluding tert-OH is 2. The van der Waals surface area contributed by atoms with Gasteiger partial charge in [-0.3, -0.25) is 9.59 Å². The molecule has 4 rings (SSSR count). The molecule has 0 bridgehead atoms. The lowest BCUT2D eigenvalue weighted by molar-refractivity contribution is -0.276. The Hall–Kier alpha value is -3.80. The van der Waals surface area contributed by atoms with Crippen molar-refractivity contribution in [3.63, 3.8) is 0 Å². The predicted molar refractivity (Wildman–Crippen MR) is 160 cm³/mol. The fourth-order valence-corrected chi connectivity index (χ4v) is 5.19. The number of carboxylic acids is 1. The van der Waals surface area contributed by atoms with Crippen molar-refractivity contribution < 1.29 is 39.5 Å². The topological polar surface area (TPSA) is 149 Å². The van der Waals surface area contributed by atoms with Crippen LogP contribution in [0.3, 0.4) is 0 Å². The summed E-state index contributed by atoms with van der Waals surface area (Å²) < 4.78 is 13.0. The highest BCUT2D eigenvalue weighted by molar-refractivity contribution is 5.90. The van der Waals surface area contributed by atoms with E-state index >= 15 is 0 Å². The number of anilines is 1. The Morgan fingerprint density at radius 3 is 2.33 bits per heavy atom. The molecule has 5 N–H and O–H groups in total. The van der Waals surface area contributed by atoms with Crippen LogP contribution < -0.4 is 5.32 Å². The smallest absolute Gasteiger partial charge is 0.303 e. The number of nitrogens with one attached hydrogen (secondary N) is 1. The lowest BCUT2D eigenvalue weighted by Crippen LogP contribution is -2.44. The molecule has 0 aromatic heterocycles. The van der Waals surface area contributed by atoms with Crippen LogP contribution in [0.25, 0.3) is 0 Å². The molecule has 0 aliphatic carbocycles. The van der Waals surface area contributed by atoms with E-state index in [-0.39, 0.29) is 55.7 Å². The zero-order chi connectivity index (χ0) is 30.9. The predicted octanol–water partition coefficient (Wildman–Crippen LogP) is 4.53. The van der Waals surface area contributed by atoms with Crippen molar-refractivity contribution in [2.45, 2.75) is 57.4 Å². The summed E-state index contributed by atoms with van der Waals surface area (Å²) in [5.41, 5.74) is 3.73. The van der Waals surface area contributed by atoms with Crippen LogP contribution in [0.5, 0.6) is 5.75 Å². The maximum Gasteiger partial charge on any atom is 0.303 e. The minimum atomic E-state index is -0.932. The van der Waals surface area contributed by atoms with Gasteiger partial charge in [0.25, 0.3) is 0 Å². The van der Waals surface area contributed by atoms with E-state index < -0.39 is 18.4 Å². The van der Waals surface area contributed by atoms with E-state index in [1.165, 1.54) is 0 Å². The second-order valence-corrected chi connectivity index (χ2v) is 11.1. The molecule has 0 spiro atoms. The van der Waals surface area contributed by atoms with Crippen LogP contribution in [0.2, 0.25) is 0 Å². The van der Waals surface area contributed by atoms with Gasteiger partial charge in [-0.05, 0) is 54.4 Å². The zero-order valence-electron chi connectivity index (χ0n) is 24.4. The number of phenolic OH excluding ortho intramolecular Hbond substituents is 1. The number of aliphatic hydroxyl groups is 2.